The maximum atomic E-state index is 12.6. The molecule has 0 bridgehead atoms. The number of hydrogen-bond donors (Lipinski definition) is 4. The molecule has 31 heavy (non-hydrogen) atoms. The van der Waals surface area contributed by atoms with Gasteiger partial charge >= 0.3 is 0 Å². The number of nitrogens with two attached hydrogens (primary N) is 2. The summed E-state index contributed by atoms with van der Waals surface area (Å²) in [7, 11) is 1.54. The number of ether oxygens (including phenoxy) is 1. The van der Waals surface area contributed by atoms with E-state index in [4.69, 9.17) is 16.3 Å². The van der Waals surface area contributed by atoms with Crippen LogP contribution in [-0.4, -0.2) is 40.1 Å². The predicted octanol–water partition coefficient (Wildman–Crippen LogP) is 1.44. The molecule has 160 valence electrons. The third kappa shape index (κ3) is 4.05. The molecule has 1 saturated heterocycles. The number of rotatable bonds is 6. The minimum Gasteiger partial charge on any atom is -0.497 e. The lowest BCUT2D eigenvalue weighted by atomic mass is 10.1. The number of nitrogen functional groups attached to an aromatic ring is 1. The number of imidazole rings is 1. The van der Waals surface area contributed by atoms with Gasteiger partial charge in [-0.15, -0.1) is 0 Å². The first-order valence-corrected chi connectivity index (χ1v) is 9.80. The first-order chi connectivity index (χ1) is 15.0. The Morgan fingerprint density at radius 1 is 1.26 bits per heavy atom. The quantitative estimate of drug-likeness (QED) is 0.440. The van der Waals surface area contributed by atoms with E-state index in [0.29, 0.717) is 34.2 Å². The van der Waals surface area contributed by atoms with Crippen LogP contribution < -0.4 is 26.9 Å². The number of primary amides is 1. The van der Waals surface area contributed by atoms with Crippen LogP contribution in [0, 0.1) is 0 Å². The van der Waals surface area contributed by atoms with Gasteiger partial charge < -0.3 is 26.9 Å². The molecule has 0 unspecified atom stereocenters. The van der Waals surface area contributed by atoms with Crippen molar-refractivity contribution in [3.05, 3.63) is 59.7 Å². The number of aromatic nitrogens is 3. The van der Waals surface area contributed by atoms with Crippen molar-refractivity contribution in [1.82, 2.24) is 20.0 Å². The molecule has 4 rings (SSSR count). The van der Waals surface area contributed by atoms with Gasteiger partial charge in [-0.1, -0.05) is 12.1 Å². The summed E-state index contributed by atoms with van der Waals surface area (Å²) < 4.78 is 6.39. The minimum atomic E-state index is -0.667. The lowest BCUT2D eigenvalue weighted by molar-refractivity contribution is 0.0991. The van der Waals surface area contributed by atoms with Crippen LogP contribution in [0.1, 0.15) is 45.6 Å². The maximum Gasteiger partial charge on any atom is 0.269 e. The van der Waals surface area contributed by atoms with Gasteiger partial charge in [0, 0.05) is 23.4 Å². The SMILES string of the molecule is COc1ccnc(NC(=O)c2ccc(-c3nc([C@@H]4CCCN4)n(N)c3C(N)=O)cc2)c1. The number of hydrogen-bond acceptors (Lipinski definition) is 7. The van der Waals surface area contributed by atoms with E-state index < -0.39 is 5.91 Å². The molecule has 2 aromatic heterocycles. The van der Waals surface area contributed by atoms with Crippen molar-refractivity contribution in [3.63, 3.8) is 0 Å². The molecule has 0 saturated carbocycles. The van der Waals surface area contributed by atoms with Crippen LogP contribution in [0.4, 0.5) is 5.82 Å². The highest BCUT2D eigenvalue weighted by atomic mass is 16.5. The number of carbonyl (C=O) groups is 2. The lowest BCUT2D eigenvalue weighted by Gasteiger charge is -2.09. The fraction of sp³-hybridized carbons (Fsp3) is 0.238. The van der Waals surface area contributed by atoms with Gasteiger partial charge in [-0.05, 0) is 37.6 Å². The summed E-state index contributed by atoms with van der Waals surface area (Å²) in [4.78, 5) is 33.3. The van der Waals surface area contributed by atoms with E-state index in [2.05, 4.69) is 20.6 Å². The van der Waals surface area contributed by atoms with Crippen LogP contribution in [0.25, 0.3) is 11.3 Å². The zero-order valence-corrected chi connectivity index (χ0v) is 17.0. The van der Waals surface area contributed by atoms with Crippen molar-refractivity contribution in [3.8, 4) is 17.0 Å². The van der Waals surface area contributed by atoms with Crippen LogP contribution in [0.3, 0.4) is 0 Å². The van der Waals surface area contributed by atoms with Crippen LogP contribution in [0.2, 0.25) is 0 Å². The van der Waals surface area contributed by atoms with Gasteiger partial charge in [0.1, 0.15) is 23.1 Å². The number of pyridine rings is 1. The Morgan fingerprint density at radius 3 is 2.68 bits per heavy atom. The third-order valence-electron chi connectivity index (χ3n) is 5.17. The number of nitrogens with zero attached hydrogens (tertiary/aromatic N) is 3. The highest BCUT2D eigenvalue weighted by Crippen LogP contribution is 2.29. The molecule has 0 radical (unpaired) electrons. The summed E-state index contributed by atoms with van der Waals surface area (Å²) in [5, 5.41) is 6.04. The summed E-state index contributed by atoms with van der Waals surface area (Å²) in [5.74, 6) is 6.67. The highest BCUT2D eigenvalue weighted by Gasteiger charge is 2.27. The Hall–Kier alpha value is -3.92. The van der Waals surface area contributed by atoms with E-state index in [0.717, 1.165) is 19.4 Å². The maximum absolute atomic E-state index is 12.6. The zero-order chi connectivity index (χ0) is 22.0. The molecule has 10 heteroatoms. The third-order valence-corrected chi connectivity index (χ3v) is 5.17. The van der Waals surface area contributed by atoms with Crippen molar-refractivity contribution < 1.29 is 14.3 Å². The second kappa shape index (κ2) is 8.44. The number of carbonyl (C=O) groups excluding carboxylic acids is 2. The fourth-order valence-corrected chi connectivity index (χ4v) is 3.61. The standard InChI is InChI=1S/C21H23N7O3/c1-31-14-8-10-25-16(11-14)26-21(30)13-6-4-12(5-7-13)17-18(19(22)29)28(23)20(27-17)15-3-2-9-24-15/h4-8,10-11,15,24H,2-3,9,23H2,1H3,(H2,22,29)(H,25,26,30)/t15-/m0/s1. The number of amides is 2. The Morgan fingerprint density at radius 2 is 2.03 bits per heavy atom. The van der Waals surface area contributed by atoms with Crippen molar-refractivity contribution in [2.75, 3.05) is 24.8 Å². The summed E-state index contributed by atoms with van der Waals surface area (Å²) in [6.45, 7) is 0.866. The number of benzene rings is 1. The first kappa shape index (κ1) is 20.4. The van der Waals surface area contributed by atoms with Gasteiger partial charge in [0.25, 0.3) is 11.8 Å². The van der Waals surface area contributed by atoms with Crippen LogP contribution in [-0.2, 0) is 0 Å². The average molecular weight is 421 g/mol. The molecular weight excluding hydrogens is 398 g/mol. The van der Waals surface area contributed by atoms with Gasteiger partial charge in [0.2, 0.25) is 0 Å². The van der Waals surface area contributed by atoms with Gasteiger partial charge in [0.05, 0.1) is 13.2 Å². The molecule has 0 aliphatic carbocycles. The number of anilines is 1. The molecular formula is C21H23N7O3. The predicted molar refractivity (Wildman–Crippen MR) is 115 cm³/mol. The smallest absolute Gasteiger partial charge is 0.269 e. The van der Waals surface area contributed by atoms with E-state index in [1.54, 1.807) is 42.6 Å². The molecule has 3 aromatic rings. The van der Waals surface area contributed by atoms with Crippen LogP contribution in [0.15, 0.2) is 42.6 Å². The highest BCUT2D eigenvalue weighted by molar-refractivity contribution is 6.04. The molecule has 2 amide bonds. The van der Waals surface area contributed by atoms with Gasteiger partial charge in [-0.2, -0.15) is 0 Å². The molecule has 1 aromatic carbocycles. The summed E-state index contributed by atoms with van der Waals surface area (Å²) in [5.41, 5.74) is 7.13. The van der Waals surface area contributed by atoms with E-state index in [9.17, 15) is 9.59 Å². The molecule has 6 N–H and O–H groups in total. The molecule has 0 spiro atoms. The monoisotopic (exact) mass is 421 g/mol. The lowest BCUT2D eigenvalue weighted by Crippen LogP contribution is -2.27. The van der Waals surface area contributed by atoms with Gasteiger partial charge in [0.15, 0.2) is 5.69 Å². The first-order valence-electron chi connectivity index (χ1n) is 9.80. The van der Waals surface area contributed by atoms with Crippen LogP contribution in [0.5, 0.6) is 5.75 Å². The molecule has 10 nitrogen and oxygen atoms in total. The largest absolute Gasteiger partial charge is 0.497 e. The summed E-state index contributed by atoms with van der Waals surface area (Å²) >= 11 is 0. The van der Waals surface area contributed by atoms with Crippen molar-refractivity contribution in [2.45, 2.75) is 18.9 Å². The molecule has 1 fully saturated rings. The fourth-order valence-electron chi connectivity index (χ4n) is 3.61. The normalized spacial score (nSPS) is 15.6. The Bertz CT molecular complexity index is 1120. The Balaban J connectivity index is 1.59. The van der Waals surface area contributed by atoms with Gasteiger partial charge in [-0.3, -0.25) is 9.59 Å². The summed E-state index contributed by atoms with van der Waals surface area (Å²) in [6.07, 6.45) is 3.43. The Kier molecular flexibility index (Phi) is 5.54. The average Bonchev–Trinajstić information content (AvgIpc) is 3.41. The molecule has 1 atom stereocenters. The minimum absolute atomic E-state index is 0.0303. The second-order valence-electron chi connectivity index (χ2n) is 7.16. The van der Waals surface area contributed by atoms with Gasteiger partial charge in [-0.25, -0.2) is 14.6 Å². The van der Waals surface area contributed by atoms with Crippen molar-refractivity contribution in [1.29, 1.82) is 0 Å². The van der Waals surface area contributed by atoms with E-state index in [1.807, 2.05) is 0 Å². The van der Waals surface area contributed by atoms with E-state index in [1.165, 1.54) is 11.8 Å². The summed E-state index contributed by atoms with van der Waals surface area (Å²) in [6, 6.07) is 9.96. The topological polar surface area (TPSA) is 150 Å². The molecule has 3 heterocycles. The number of methoxy groups -OCH3 is 1. The van der Waals surface area contributed by atoms with Crippen molar-refractivity contribution >= 4 is 17.6 Å². The molecule has 1 aliphatic rings. The van der Waals surface area contributed by atoms with E-state index in [-0.39, 0.29) is 17.6 Å². The van der Waals surface area contributed by atoms with Crippen molar-refractivity contribution in [2.24, 2.45) is 5.73 Å². The zero-order valence-electron chi connectivity index (χ0n) is 17.0. The molecule has 1 aliphatic heterocycles. The van der Waals surface area contributed by atoms with Crippen LogP contribution >= 0.6 is 0 Å². The Labute approximate surface area is 178 Å². The second-order valence-corrected chi connectivity index (χ2v) is 7.16. The number of nitrogens with one attached hydrogen (secondary N) is 2. The van der Waals surface area contributed by atoms with E-state index >= 15 is 0 Å².